The number of aliphatic hydroxyl groups excluding tert-OH is 1. The van der Waals surface area contributed by atoms with Gasteiger partial charge in [0.2, 0.25) is 0 Å². The summed E-state index contributed by atoms with van der Waals surface area (Å²) in [6.45, 7) is 3.77. The minimum atomic E-state index is -0.794. The van der Waals surface area contributed by atoms with Gasteiger partial charge in [-0.1, -0.05) is 48.0 Å². The Labute approximate surface area is 189 Å². The van der Waals surface area contributed by atoms with E-state index >= 15 is 0 Å². The summed E-state index contributed by atoms with van der Waals surface area (Å²) in [5, 5.41) is 10.7. The summed E-state index contributed by atoms with van der Waals surface area (Å²) in [4.78, 5) is 23.7. The second-order valence-electron chi connectivity index (χ2n) is 7.76. The molecule has 31 heavy (non-hydrogen) atoms. The van der Waals surface area contributed by atoms with E-state index in [2.05, 4.69) is 0 Å². The number of allylic oxidation sites excluding steroid dienone is 5. The molecule has 0 bridgehead atoms. The average Bonchev–Trinajstić information content (AvgIpc) is 3.06. The molecule has 0 aromatic heterocycles. The molecule has 1 N–H and O–H groups in total. The third kappa shape index (κ3) is 9.53. The monoisotopic (exact) mass is 446 g/mol. The van der Waals surface area contributed by atoms with Crippen LogP contribution in [0.25, 0.3) is 0 Å². The third-order valence-electron chi connectivity index (χ3n) is 4.71. The molecule has 168 valence electrons. The molecule has 0 aliphatic heterocycles. The van der Waals surface area contributed by atoms with Gasteiger partial charge in [0, 0.05) is 23.8 Å². The van der Waals surface area contributed by atoms with E-state index in [0.29, 0.717) is 30.0 Å². The lowest BCUT2D eigenvalue weighted by atomic mass is 9.95. The Morgan fingerprint density at radius 1 is 1.32 bits per heavy atom. The van der Waals surface area contributed by atoms with Gasteiger partial charge in [-0.2, -0.15) is 0 Å². The smallest absolute Gasteiger partial charge is 0.306 e. The van der Waals surface area contributed by atoms with E-state index in [-0.39, 0.29) is 30.4 Å². The molecule has 0 fully saturated rings. The summed E-state index contributed by atoms with van der Waals surface area (Å²) in [5.41, 5.74) is 0.914. The molecule has 0 saturated heterocycles. The molecule has 0 spiro atoms. The number of hydrogen-bond donors (Lipinski definition) is 1. The normalized spacial score (nSPS) is 17.5. The van der Waals surface area contributed by atoms with Crippen LogP contribution in [0.15, 0.2) is 60.2 Å². The Hall–Kier alpha value is -2.37. The highest BCUT2D eigenvalue weighted by Gasteiger charge is 2.24. The van der Waals surface area contributed by atoms with E-state index in [1.54, 1.807) is 36.4 Å². The second-order valence-corrected chi connectivity index (χ2v) is 8.20. The molecule has 0 heterocycles. The van der Waals surface area contributed by atoms with Gasteiger partial charge in [0.05, 0.1) is 6.10 Å². The van der Waals surface area contributed by atoms with Crippen molar-refractivity contribution < 1.29 is 24.2 Å². The molecule has 1 aromatic rings. The number of halogens is 1. The molecule has 6 heteroatoms. The molecule has 0 radical (unpaired) electrons. The van der Waals surface area contributed by atoms with E-state index in [0.717, 1.165) is 18.4 Å². The molecular weight excluding hydrogens is 416 g/mol. The maximum atomic E-state index is 12.2. The summed E-state index contributed by atoms with van der Waals surface area (Å²) in [7, 11) is 0. The number of carbonyl (C=O) groups excluding carboxylic acids is 2. The number of carbonyl (C=O) groups is 2. The Morgan fingerprint density at radius 3 is 2.87 bits per heavy atom. The average molecular weight is 447 g/mol. The lowest BCUT2D eigenvalue weighted by Crippen LogP contribution is -2.15. The van der Waals surface area contributed by atoms with E-state index in [9.17, 15) is 14.7 Å². The zero-order chi connectivity index (χ0) is 22.6. The highest BCUT2D eigenvalue weighted by atomic mass is 35.5. The number of ketones is 1. The van der Waals surface area contributed by atoms with Crippen LogP contribution in [0, 0.1) is 5.92 Å². The molecule has 2 rings (SSSR count). The minimum absolute atomic E-state index is 0.0865. The molecule has 0 unspecified atom stereocenters. The van der Waals surface area contributed by atoms with Gasteiger partial charge in [-0.15, -0.1) is 0 Å². The van der Waals surface area contributed by atoms with Crippen molar-refractivity contribution in [3.63, 3.8) is 0 Å². The van der Waals surface area contributed by atoms with Crippen LogP contribution in [-0.2, 0) is 14.3 Å². The number of esters is 1. The standard InChI is InChI=1S/C25H31ClO5/c1-18(2)31-25(29)11-6-4-3-5-10-23-19(13-15-24(23)28)12-14-21(27)17-30-22-9-7-8-20(26)16-22/h3,5,7-9,12-14,16,18,21,23,27H,4,6,10-11,15,17H2,1-2H3/b5-3+,14-12+/t21-,23-/m1/s1. The molecule has 1 aliphatic rings. The Kier molecular flexibility index (Phi) is 10.5. The number of unbranched alkanes of at least 4 members (excludes halogenated alkanes) is 1. The number of rotatable bonds is 12. The summed E-state index contributed by atoms with van der Waals surface area (Å²) < 4.78 is 10.6. The Morgan fingerprint density at radius 2 is 2.13 bits per heavy atom. The topological polar surface area (TPSA) is 72.8 Å². The summed E-state index contributed by atoms with van der Waals surface area (Å²) in [6.07, 6.45) is 11.4. The van der Waals surface area contributed by atoms with E-state index in [4.69, 9.17) is 21.1 Å². The van der Waals surface area contributed by atoms with Crippen LogP contribution in [0.1, 0.15) is 46.0 Å². The molecular formula is C25H31ClO5. The quantitative estimate of drug-likeness (QED) is 0.271. The van der Waals surface area contributed by atoms with Gasteiger partial charge < -0.3 is 14.6 Å². The first-order valence-electron chi connectivity index (χ1n) is 10.7. The van der Waals surface area contributed by atoms with Gasteiger partial charge >= 0.3 is 5.97 Å². The number of Topliss-reactive ketones (excluding diaryl/α,β-unsaturated/α-hetero) is 1. The molecule has 2 atom stereocenters. The van der Waals surface area contributed by atoms with Crippen molar-refractivity contribution in [3.05, 3.63) is 65.2 Å². The number of ether oxygens (including phenoxy) is 2. The second kappa shape index (κ2) is 13.1. The van der Waals surface area contributed by atoms with E-state index in [1.165, 1.54) is 0 Å². The summed E-state index contributed by atoms with van der Waals surface area (Å²) in [5.74, 6) is 0.396. The largest absolute Gasteiger partial charge is 0.491 e. The van der Waals surface area contributed by atoms with Crippen molar-refractivity contribution in [1.29, 1.82) is 0 Å². The molecule has 0 saturated carbocycles. The van der Waals surface area contributed by atoms with Gasteiger partial charge in [-0.25, -0.2) is 0 Å². The van der Waals surface area contributed by atoms with Crippen molar-refractivity contribution in [2.75, 3.05) is 6.61 Å². The van der Waals surface area contributed by atoms with Gasteiger partial charge in [0.1, 0.15) is 24.2 Å². The van der Waals surface area contributed by atoms with Crippen molar-refractivity contribution in [3.8, 4) is 5.75 Å². The number of hydrogen-bond acceptors (Lipinski definition) is 5. The SMILES string of the molecule is CC(C)OC(=O)CCC/C=C/C[C@H]1C(=O)CC=C1/C=C/[C@@H](O)COc1cccc(Cl)c1. The molecule has 0 amide bonds. The fraction of sp³-hybridized carbons (Fsp3) is 0.440. The van der Waals surface area contributed by atoms with Crippen LogP contribution in [-0.4, -0.2) is 35.7 Å². The van der Waals surface area contributed by atoms with Crippen LogP contribution in [0.5, 0.6) is 5.75 Å². The van der Waals surface area contributed by atoms with Crippen LogP contribution < -0.4 is 4.74 Å². The predicted molar refractivity (Wildman–Crippen MR) is 122 cm³/mol. The number of aliphatic hydroxyl groups is 1. The Balaban J connectivity index is 1.74. The van der Waals surface area contributed by atoms with Gasteiger partial charge in [0.25, 0.3) is 0 Å². The summed E-state index contributed by atoms with van der Waals surface area (Å²) >= 11 is 5.92. The minimum Gasteiger partial charge on any atom is -0.491 e. The molecule has 5 nitrogen and oxygen atoms in total. The van der Waals surface area contributed by atoms with Crippen molar-refractivity contribution in [1.82, 2.24) is 0 Å². The van der Waals surface area contributed by atoms with Crippen molar-refractivity contribution in [2.45, 2.75) is 58.2 Å². The van der Waals surface area contributed by atoms with Crippen LogP contribution >= 0.6 is 11.6 Å². The first kappa shape index (κ1) is 24.9. The fourth-order valence-corrected chi connectivity index (χ4v) is 3.37. The highest BCUT2D eigenvalue weighted by Crippen LogP contribution is 2.27. The van der Waals surface area contributed by atoms with Crippen molar-refractivity contribution in [2.24, 2.45) is 5.92 Å². The fourth-order valence-electron chi connectivity index (χ4n) is 3.19. The lowest BCUT2D eigenvalue weighted by molar-refractivity contribution is -0.147. The first-order valence-corrected chi connectivity index (χ1v) is 11.0. The maximum absolute atomic E-state index is 12.2. The van der Waals surface area contributed by atoms with E-state index < -0.39 is 6.10 Å². The Bertz CT molecular complexity index is 825. The molecule has 1 aliphatic carbocycles. The van der Waals surface area contributed by atoms with Gasteiger partial charge in [-0.3, -0.25) is 9.59 Å². The summed E-state index contributed by atoms with van der Waals surface area (Å²) in [6, 6.07) is 7.00. The zero-order valence-electron chi connectivity index (χ0n) is 18.1. The maximum Gasteiger partial charge on any atom is 0.306 e. The van der Waals surface area contributed by atoms with E-state index in [1.807, 2.05) is 32.1 Å². The van der Waals surface area contributed by atoms with Crippen LogP contribution in [0.2, 0.25) is 5.02 Å². The third-order valence-corrected chi connectivity index (χ3v) is 4.95. The lowest BCUT2D eigenvalue weighted by Gasteiger charge is -2.11. The molecule has 1 aromatic carbocycles. The van der Waals surface area contributed by atoms with Crippen molar-refractivity contribution >= 4 is 23.4 Å². The van der Waals surface area contributed by atoms with Gasteiger partial charge in [-0.05, 0) is 56.9 Å². The highest BCUT2D eigenvalue weighted by molar-refractivity contribution is 6.30. The van der Waals surface area contributed by atoms with Crippen LogP contribution in [0.4, 0.5) is 0 Å². The number of benzene rings is 1. The predicted octanol–water partition coefficient (Wildman–Crippen LogP) is 5.22. The van der Waals surface area contributed by atoms with Crippen LogP contribution in [0.3, 0.4) is 0 Å². The first-order chi connectivity index (χ1) is 14.8. The zero-order valence-corrected chi connectivity index (χ0v) is 18.9. The van der Waals surface area contributed by atoms with Gasteiger partial charge in [0.15, 0.2) is 0 Å².